The molecule has 0 unspecified atom stereocenters. The number of ether oxygens (including phenoxy) is 2. The van der Waals surface area contributed by atoms with Crippen LogP contribution in [0.1, 0.15) is 31.9 Å². The number of carboxylic acid groups (broad SMARTS) is 1. The minimum absolute atomic E-state index is 0.0829. The lowest BCUT2D eigenvalue weighted by molar-refractivity contribution is -0.139. The van der Waals surface area contributed by atoms with E-state index in [-0.39, 0.29) is 6.42 Å². The summed E-state index contributed by atoms with van der Waals surface area (Å²) in [5.41, 5.74) is 0.995. The van der Waals surface area contributed by atoms with Crippen LogP contribution in [0.2, 0.25) is 0 Å². The van der Waals surface area contributed by atoms with Crippen molar-refractivity contribution in [2.75, 3.05) is 0 Å². The quantitative estimate of drug-likeness (QED) is 0.774. The second-order valence-corrected chi connectivity index (χ2v) is 7.12. The first kappa shape index (κ1) is 20.3. The first-order chi connectivity index (χ1) is 12.7. The fourth-order valence-corrected chi connectivity index (χ4v) is 2.42. The fourth-order valence-electron chi connectivity index (χ4n) is 2.42. The Balaban J connectivity index is 2.07. The van der Waals surface area contributed by atoms with Crippen LogP contribution in [-0.2, 0) is 22.6 Å². The predicted octanol–water partition coefficient (Wildman–Crippen LogP) is 3.79. The molecule has 2 aromatic rings. The Hall–Kier alpha value is -3.02. The SMILES string of the molecule is CC(C)(C)OC(=O)N[C@@H](Cc1ccccc1OCc1ccccc1)C(=O)O. The van der Waals surface area contributed by atoms with Gasteiger partial charge < -0.3 is 19.9 Å². The predicted molar refractivity (Wildman–Crippen MR) is 102 cm³/mol. The molecule has 1 amide bonds. The Morgan fingerprint density at radius 2 is 1.67 bits per heavy atom. The van der Waals surface area contributed by atoms with Crippen molar-refractivity contribution in [2.24, 2.45) is 0 Å². The van der Waals surface area contributed by atoms with Crippen LogP contribution in [-0.4, -0.2) is 28.8 Å². The summed E-state index contributed by atoms with van der Waals surface area (Å²) < 4.78 is 11.0. The van der Waals surface area contributed by atoms with Crippen LogP contribution in [0.5, 0.6) is 5.75 Å². The number of carbonyl (C=O) groups is 2. The maximum absolute atomic E-state index is 11.9. The minimum atomic E-state index is -1.14. The van der Waals surface area contributed by atoms with Gasteiger partial charge in [0.2, 0.25) is 0 Å². The van der Waals surface area contributed by atoms with E-state index < -0.39 is 23.7 Å². The summed E-state index contributed by atoms with van der Waals surface area (Å²) in [5.74, 6) is -0.558. The molecule has 0 saturated heterocycles. The van der Waals surface area contributed by atoms with Crippen molar-refractivity contribution in [3.05, 3.63) is 65.7 Å². The van der Waals surface area contributed by atoms with Crippen molar-refractivity contribution in [1.29, 1.82) is 0 Å². The van der Waals surface area contributed by atoms with E-state index in [0.29, 0.717) is 17.9 Å². The molecule has 0 bridgehead atoms. The molecule has 6 heteroatoms. The molecular weight excluding hydrogens is 346 g/mol. The summed E-state index contributed by atoms with van der Waals surface area (Å²) in [6, 6.07) is 15.7. The molecule has 0 aliphatic heterocycles. The maximum atomic E-state index is 11.9. The molecule has 2 N–H and O–H groups in total. The lowest BCUT2D eigenvalue weighted by Gasteiger charge is -2.22. The Morgan fingerprint density at radius 1 is 1.04 bits per heavy atom. The van der Waals surface area contributed by atoms with Crippen molar-refractivity contribution in [2.45, 2.75) is 45.4 Å². The number of alkyl carbamates (subject to hydrolysis) is 1. The maximum Gasteiger partial charge on any atom is 0.408 e. The second kappa shape index (κ2) is 9.07. The van der Waals surface area contributed by atoms with Gasteiger partial charge in [0, 0.05) is 6.42 Å². The number of rotatable bonds is 7. The van der Waals surface area contributed by atoms with Crippen molar-refractivity contribution < 1.29 is 24.2 Å². The van der Waals surface area contributed by atoms with E-state index in [9.17, 15) is 14.7 Å². The number of benzene rings is 2. The third kappa shape index (κ3) is 7.01. The summed E-state index contributed by atoms with van der Waals surface area (Å²) in [5, 5.41) is 11.9. The number of nitrogens with one attached hydrogen (secondary N) is 1. The van der Waals surface area contributed by atoms with E-state index in [4.69, 9.17) is 9.47 Å². The summed E-state index contributed by atoms with van der Waals surface area (Å²) in [7, 11) is 0. The monoisotopic (exact) mass is 371 g/mol. The molecule has 144 valence electrons. The molecule has 2 rings (SSSR count). The molecule has 0 aliphatic rings. The average Bonchev–Trinajstić information content (AvgIpc) is 2.59. The van der Waals surface area contributed by atoms with E-state index in [1.165, 1.54) is 0 Å². The van der Waals surface area contributed by atoms with E-state index in [1.807, 2.05) is 36.4 Å². The highest BCUT2D eigenvalue weighted by Crippen LogP contribution is 2.21. The lowest BCUT2D eigenvalue weighted by atomic mass is 10.0. The third-order valence-electron chi connectivity index (χ3n) is 3.62. The molecule has 0 fully saturated rings. The highest BCUT2D eigenvalue weighted by Gasteiger charge is 2.25. The first-order valence-electron chi connectivity index (χ1n) is 8.71. The zero-order chi connectivity index (χ0) is 19.9. The van der Waals surface area contributed by atoms with Crippen LogP contribution in [0, 0.1) is 0 Å². The molecule has 6 nitrogen and oxygen atoms in total. The van der Waals surface area contributed by atoms with Crippen LogP contribution in [0.4, 0.5) is 4.79 Å². The van der Waals surface area contributed by atoms with Gasteiger partial charge in [-0.1, -0.05) is 48.5 Å². The zero-order valence-corrected chi connectivity index (χ0v) is 15.8. The molecular formula is C21H25NO5. The molecule has 2 aromatic carbocycles. The Kier molecular flexibility index (Phi) is 6.82. The third-order valence-corrected chi connectivity index (χ3v) is 3.62. The number of aliphatic carboxylic acids is 1. The summed E-state index contributed by atoms with van der Waals surface area (Å²) in [6.07, 6.45) is -0.683. The Bertz CT molecular complexity index is 768. The molecule has 1 atom stereocenters. The Morgan fingerprint density at radius 3 is 2.30 bits per heavy atom. The zero-order valence-electron chi connectivity index (χ0n) is 15.8. The average molecular weight is 371 g/mol. The minimum Gasteiger partial charge on any atom is -0.489 e. The van der Waals surface area contributed by atoms with Crippen molar-refractivity contribution in [3.8, 4) is 5.75 Å². The normalized spacial score (nSPS) is 12.1. The second-order valence-electron chi connectivity index (χ2n) is 7.12. The summed E-state index contributed by atoms with van der Waals surface area (Å²) >= 11 is 0. The van der Waals surface area contributed by atoms with Crippen molar-refractivity contribution in [3.63, 3.8) is 0 Å². The fraction of sp³-hybridized carbons (Fsp3) is 0.333. The number of hydrogen-bond acceptors (Lipinski definition) is 4. The van der Waals surface area contributed by atoms with Crippen molar-refractivity contribution in [1.82, 2.24) is 5.32 Å². The smallest absolute Gasteiger partial charge is 0.408 e. The van der Waals surface area contributed by atoms with Gasteiger partial charge in [0.25, 0.3) is 0 Å². The molecule has 0 aliphatic carbocycles. The number of hydrogen-bond donors (Lipinski definition) is 2. The van der Waals surface area contributed by atoms with Gasteiger partial charge in [-0.25, -0.2) is 9.59 Å². The van der Waals surface area contributed by atoms with Crippen LogP contribution < -0.4 is 10.1 Å². The van der Waals surface area contributed by atoms with Crippen molar-refractivity contribution >= 4 is 12.1 Å². The van der Waals surface area contributed by atoms with Gasteiger partial charge in [-0.15, -0.1) is 0 Å². The topological polar surface area (TPSA) is 84.9 Å². The van der Waals surface area contributed by atoms with Gasteiger partial charge in [-0.3, -0.25) is 0 Å². The van der Waals surface area contributed by atoms with Crippen LogP contribution in [0.3, 0.4) is 0 Å². The van der Waals surface area contributed by atoms with Gasteiger partial charge in [0.1, 0.15) is 24.0 Å². The number of amides is 1. The van der Waals surface area contributed by atoms with Gasteiger partial charge in [-0.2, -0.15) is 0 Å². The molecule has 0 spiro atoms. The lowest BCUT2D eigenvalue weighted by Crippen LogP contribution is -2.44. The van der Waals surface area contributed by atoms with Gasteiger partial charge in [0.15, 0.2) is 0 Å². The van der Waals surface area contributed by atoms with E-state index in [1.54, 1.807) is 39.0 Å². The molecule has 0 saturated carbocycles. The summed E-state index contributed by atoms with van der Waals surface area (Å²) in [6.45, 7) is 5.52. The molecule has 0 radical (unpaired) electrons. The van der Waals surface area contributed by atoms with E-state index >= 15 is 0 Å². The number of para-hydroxylation sites is 1. The Labute approximate surface area is 159 Å². The van der Waals surface area contributed by atoms with Crippen LogP contribution in [0.15, 0.2) is 54.6 Å². The molecule has 0 aromatic heterocycles. The summed E-state index contributed by atoms with van der Waals surface area (Å²) in [4.78, 5) is 23.5. The highest BCUT2D eigenvalue weighted by atomic mass is 16.6. The highest BCUT2D eigenvalue weighted by molar-refractivity contribution is 5.80. The largest absolute Gasteiger partial charge is 0.489 e. The number of carbonyl (C=O) groups excluding carboxylic acids is 1. The van der Waals surface area contributed by atoms with Gasteiger partial charge in [0.05, 0.1) is 0 Å². The van der Waals surface area contributed by atoms with Gasteiger partial charge in [-0.05, 0) is 38.0 Å². The number of carboxylic acids is 1. The standard InChI is InChI=1S/C21H25NO5/c1-21(2,3)27-20(25)22-17(19(23)24)13-16-11-7-8-12-18(16)26-14-15-9-5-4-6-10-15/h4-12,17H,13-14H2,1-3H3,(H,22,25)(H,23,24)/t17-/m0/s1. The van der Waals surface area contributed by atoms with E-state index in [0.717, 1.165) is 5.56 Å². The first-order valence-corrected chi connectivity index (χ1v) is 8.71. The van der Waals surface area contributed by atoms with Gasteiger partial charge >= 0.3 is 12.1 Å². The molecule has 0 heterocycles. The van der Waals surface area contributed by atoms with E-state index in [2.05, 4.69) is 5.32 Å². The van der Waals surface area contributed by atoms with Crippen LogP contribution in [0.25, 0.3) is 0 Å². The molecule has 27 heavy (non-hydrogen) atoms. The van der Waals surface area contributed by atoms with Crippen LogP contribution >= 0.6 is 0 Å².